The quantitative estimate of drug-likeness (QED) is 0.856. The van der Waals surface area contributed by atoms with Gasteiger partial charge in [-0.05, 0) is 7.05 Å². The minimum absolute atomic E-state index is 0.731. The molecule has 0 atom stereocenters. The first-order valence-electron chi connectivity index (χ1n) is 5.59. The van der Waals surface area contributed by atoms with Crippen LogP contribution < -0.4 is 14.8 Å². The molecule has 0 spiro atoms. The molecule has 0 aromatic heterocycles. The first kappa shape index (κ1) is 10.2. The van der Waals surface area contributed by atoms with Crippen LogP contribution >= 0.6 is 11.6 Å². The maximum absolute atomic E-state index is 6.35. The average Bonchev–Trinajstić information content (AvgIpc) is 2.92. The first-order chi connectivity index (χ1) is 7.83. The zero-order chi connectivity index (χ0) is 11.1. The Bertz CT molecular complexity index is 410. The van der Waals surface area contributed by atoms with Crippen LogP contribution in [0, 0.1) is 0 Å². The summed E-state index contributed by atoms with van der Waals surface area (Å²) < 4.78 is 11.3. The minimum Gasteiger partial charge on any atom is -0.493 e. The molecule has 86 valence electrons. The normalized spacial score (nSPS) is 16.6. The maximum Gasteiger partial charge on any atom is 0.142 e. The zero-order valence-corrected chi connectivity index (χ0v) is 9.99. The van der Waals surface area contributed by atoms with E-state index in [4.69, 9.17) is 21.1 Å². The largest absolute Gasteiger partial charge is 0.493 e. The SMILES string of the molecule is CNCc1c2c(c(Cl)c3c1OCC3)OCC2. The van der Waals surface area contributed by atoms with Crippen molar-refractivity contribution < 1.29 is 9.47 Å². The van der Waals surface area contributed by atoms with E-state index in [-0.39, 0.29) is 0 Å². The standard InChI is InChI=1S/C12H14ClNO2/c1-14-6-9-7-2-4-16-12(7)10(13)8-3-5-15-11(8)9/h14H,2-6H2,1H3. The van der Waals surface area contributed by atoms with Crippen molar-refractivity contribution in [2.24, 2.45) is 0 Å². The molecule has 0 unspecified atom stereocenters. The van der Waals surface area contributed by atoms with Gasteiger partial charge < -0.3 is 14.8 Å². The van der Waals surface area contributed by atoms with Gasteiger partial charge in [-0.25, -0.2) is 0 Å². The Kier molecular flexibility index (Phi) is 2.45. The van der Waals surface area contributed by atoms with E-state index in [2.05, 4.69) is 5.32 Å². The van der Waals surface area contributed by atoms with Crippen molar-refractivity contribution in [1.29, 1.82) is 0 Å². The number of ether oxygens (including phenoxy) is 2. The Morgan fingerprint density at radius 2 is 1.81 bits per heavy atom. The average molecular weight is 240 g/mol. The molecule has 0 saturated carbocycles. The maximum atomic E-state index is 6.35. The summed E-state index contributed by atoms with van der Waals surface area (Å²) >= 11 is 6.35. The second-order valence-electron chi connectivity index (χ2n) is 4.14. The number of hydrogen-bond donors (Lipinski definition) is 1. The van der Waals surface area contributed by atoms with Crippen LogP contribution in [0.5, 0.6) is 11.5 Å². The summed E-state index contributed by atoms with van der Waals surface area (Å²) in [7, 11) is 1.94. The van der Waals surface area contributed by atoms with E-state index in [0.717, 1.165) is 54.7 Å². The van der Waals surface area contributed by atoms with Crippen molar-refractivity contribution in [3.63, 3.8) is 0 Å². The predicted octanol–water partition coefficient (Wildman–Crippen LogP) is 1.93. The van der Waals surface area contributed by atoms with Gasteiger partial charge in [-0.1, -0.05) is 11.6 Å². The molecule has 1 aromatic rings. The molecule has 0 bridgehead atoms. The molecule has 16 heavy (non-hydrogen) atoms. The molecule has 2 aliphatic rings. The Balaban J connectivity index is 2.23. The molecular formula is C12H14ClNO2. The molecule has 0 aliphatic carbocycles. The number of rotatable bonds is 2. The summed E-state index contributed by atoms with van der Waals surface area (Å²) in [5.74, 6) is 1.87. The van der Waals surface area contributed by atoms with Crippen molar-refractivity contribution in [1.82, 2.24) is 5.32 Å². The lowest BCUT2D eigenvalue weighted by atomic mass is 9.99. The Labute approximate surface area is 99.7 Å². The van der Waals surface area contributed by atoms with Crippen LogP contribution in [-0.4, -0.2) is 20.3 Å². The fraction of sp³-hybridized carbons (Fsp3) is 0.500. The minimum atomic E-state index is 0.731. The van der Waals surface area contributed by atoms with Gasteiger partial charge in [0, 0.05) is 36.1 Å². The lowest BCUT2D eigenvalue weighted by Crippen LogP contribution is -2.09. The highest BCUT2D eigenvalue weighted by Gasteiger charge is 2.30. The molecule has 1 aromatic carbocycles. The van der Waals surface area contributed by atoms with Gasteiger partial charge >= 0.3 is 0 Å². The van der Waals surface area contributed by atoms with Crippen LogP contribution in [0.15, 0.2) is 0 Å². The molecule has 0 saturated heterocycles. The van der Waals surface area contributed by atoms with Crippen LogP contribution in [0.4, 0.5) is 0 Å². The van der Waals surface area contributed by atoms with E-state index in [1.54, 1.807) is 0 Å². The predicted molar refractivity (Wildman–Crippen MR) is 62.6 cm³/mol. The van der Waals surface area contributed by atoms with Gasteiger partial charge in [0.25, 0.3) is 0 Å². The van der Waals surface area contributed by atoms with Crippen LogP contribution in [0.2, 0.25) is 5.02 Å². The fourth-order valence-corrected chi connectivity index (χ4v) is 2.86. The highest BCUT2D eigenvalue weighted by molar-refractivity contribution is 6.33. The highest BCUT2D eigenvalue weighted by Crippen LogP contribution is 2.46. The number of fused-ring (bicyclic) bond motifs is 2. The molecule has 3 rings (SSSR count). The van der Waals surface area contributed by atoms with Gasteiger partial charge in [0.15, 0.2) is 0 Å². The van der Waals surface area contributed by atoms with Crippen molar-refractivity contribution in [3.05, 3.63) is 21.7 Å². The van der Waals surface area contributed by atoms with Gasteiger partial charge in [0.2, 0.25) is 0 Å². The second kappa shape index (κ2) is 3.82. The Morgan fingerprint density at radius 1 is 1.12 bits per heavy atom. The zero-order valence-electron chi connectivity index (χ0n) is 9.23. The molecule has 4 heteroatoms. The van der Waals surface area contributed by atoms with E-state index in [0.29, 0.717) is 0 Å². The van der Waals surface area contributed by atoms with Crippen molar-refractivity contribution in [3.8, 4) is 11.5 Å². The number of hydrogen-bond acceptors (Lipinski definition) is 3. The van der Waals surface area contributed by atoms with Crippen LogP contribution in [-0.2, 0) is 19.4 Å². The smallest absolute Gasteiger partial charge is 0.142 e. The Morgan fingerprint density at radius 3 is 2.56 bits per heavy atom. The van der Waals surface area contributed by atoms with Gasteiger partial charge in [-0.2, -0.15) is 0 Å². The van der Waals surface area contributed by atoms with Gasteiger partial charge in [0.1, 0.15) is 11.5 Å². The summed E-state index contributed by atoms with van der Waals surface area (Å²) in [5, 5.41) is 3.95. The highest BCUT2D eigenvalue weighted by atomic mass is 35.5. The fourth-order valence-electron chi connectivity index (χ4n) is 2.51. The van der Waals surface area contributed by atoms with Crippen LogP contribution in [0.1, 0.15) is 16.7 Å². The molecule has 0 fully saturated rings. The van der Waals surface area contributed by atoms with E-state index in [1.807, 2.05) is 7.05 Å². The first-order valence-corrected chi connectivity index (χ1v) is 5.97. The topological polar surface area (TPSA) is 30.5 Å². The summed E-state index contributed by atoms with van der Waals surface area (Å²) in [4.78, 5) is 0. The van der Waals surface area contributed by atoms with Crippen LogP contribution in [0.3, 0.4) is 0 Å². The van der Waals surface area contributed by atoms with Gasteiger partial charge in [0.05, 0.1) is 18.2 Å². The Hall–Kier alpha value is -0.930. The summed E-state index contributed by atoms with van der Waals surface area (Å²) in [6.45, 7) is 2.27. The van der Waals surface area contributed by atoms with Crippen molar-refractivity contribution in [2.45, 2.75) is 19.4 Å². The number of nitrogens with one attached hydrogen (secondary N) is 1. The number of benzene rings is 1. The second-order valence-corrected chi connectivity index (χ2v) is 4.51. The summed E-state index contributed by atoms with van der Waals surface area (Å²) in [6.07, 6.45) is 1.82. The van der Waals surface area contributed by atoms with Crippen molar-refractivity contribution in [2.75, 3.05) is 20.3 Å². The van der Waals surface area contributed by atoms with Gasteiger partial charge in [-0.3, -0.25) is 0 Å². The lowest BCUT2D eigenvalue weighted by Gasteiger charge is -2.14. The van der Waals surface area contributed by atoms with Crippen molar-refractivity contribution >= 4 is 11.6 Å². The third-order valence-corrected chi connectivity index (χ3v) is 3.60. The number of halogens is 1. The van der Waals surface area contributed by atoms with Gasteiger partial charge in [-0.15, -0.1) is 0 Å². The molecular weight excluding hydrogens is 226 g/mol. The van der Waals surface area contributed by atoms with Crippen LogP contribution in [0.25, 0.3) is 0 Å². The molecule has 0 amide bonds. The molecule has 1 N–H and O–H groups in total. The molecule has 3 nitrogen and oxygen atoms in total. The monoisotopic (exact) mass is 239 g/mol. The third-order valence-electron chi connectivity index (χ3n) is 3.20. The van der Waals surface area contributed by atoms with E-state index in [1.165, 1.54) is 11.1 Å². The third kappa shape index (κ3) is 1.31. The van der Waals surface area contributed by atoms with E-state index >= 15 is 0 Å². The lowest BCUT2D eigenvalue weighted by molar-refractivity contribution is 0.352. The summed E-state index contributed by atoms with van der Waals surface area (Å²) in [5.41, 5.74) is 3.57. The molecule has 2 aliphatic heterocycles. The van der Waals surface area contributed by atoms with E-state index < -0.39 is 0 Å². The molecule has 2 heterocycles. The molecule has 0 radical (unpaired) electrons. The van der Waals surface area contributed by atoms with E-state index in [9.17, 15) is 0 Å². The summed E-state index contributed by atoms with van der Waals surface area (Å²) in [6, 6.07) is 0.